The number of fused-ring (bicyclic) bond motifs is 1. The summed E-state index contributed by atoms with van der Waals surface area (Å²) < 4.78 is 3.20. The molecule has 3 rings (SSSR count). The number of hydrogen-bond donors (Lipinski definition) is 1. The molecule has 0 aliphatic rings. The summed E-state index contributed by atoms with van der Waals surface area (Å²) in [5.74, 6) is 0. The summed E-state index contributed by atoms with van der Waals surface area (Å²) in [6, 6.07) is 4.48. The highest BCUT2D eigenvalue weighted by Gasteiger charge is 2.08. The van der Waals surface area contributed by atoms with Gasteiger partial charge < -0.3 is 5.32 Å². The third kappa shape index (κ3) is 2.67. The molecule has 0 fully saturated rings. The second-order valence-corrected chi connectivity index (χ2v) is 5.88. The molecule has 0 aliphatic carbocycles. The molecule has 0 saturated heterocycles. The first-order valence-corrected chi connectivity index (χ1v) is 7.76. The Hall–Kier alpha value is -1.88. The molecule has 0 amide bonds. The van der Waals surface area contributed by atoms with Crippen LogP contribution in [0.4, 0.5) is 5.69 Å². The third-order valence-corrected chi connectivity index (χ3v) is 4.15. The number of pyridine rings is 1. The summed E-state index contributed by atoms with van der Waals surface area (Å²) >= 11 is 1.73. The maximum atomic E-state index is 4.49. The van der Waals surface area contributed by atoms with E-state index in [0.717, 1.165) is 24.2 Å². The largest absolute Gasteiger partial charge is 0.376 e. The average Bonchev–Trinajstić information content (AvgIpc) is 3.07. The van der Waals surface area contributed by atoms with E-state index in [1.165, 1.54) is 10.3 Å². The van der Waals surface area contributed by atoms with Gasteiger partial charge in [0.15, 0.2) is 0 Å². The van der Waals surface area contributed by atoms with Gasteiger partial charge in [0.25, 0.3) is 0 Å². The fourth-order valence-corrected chi connectivity index (χ4v) is 3.01. The highest BCUT2D eigenvalue weighted by atomic mass is 32.1. The van der Waals surface area contributed by atoms with E-state index in [1.54, 1.807) is 11.3 Å². The lowest BCUT2D eigenvalue weighted by Crippen LogP contribution is -2.06. The molecule has 0 spiro atoms. The van der Waals surface area contributed by atoms with Gasteiger partial charge in [-0.05, 0) is 36.4 Å². The Morgan fingerprint density at radius 1 is 1.40 bits per heavy atom. The number of nitrogens with one attached hydrogen (secondary N) is 1. The van der Waals surface area contributed by atoms with Crippen LogP contribution in [0.5, 0.6) is 0 Å². The molecule has 4 nitrogen and oxygen atoms in total. The van der Waals surface area contributed by atoms with Gasteiger partial charge in [-0.15, -0.1) is 11.3 Å². The number of thiophene rings is 1. The molecule has 0 saturated carbocycles. The highest BCUT2D eigenvalue weighted by molar-refractivity contribution is 7.17. The van der Waals surface area contributed by atoms with Gasteiger partial charge in [0, 0.05) is 18.9 Å². The van der Waals surface area contributed by atoms with E-state index >= 15 is 0 Å². The van der Waals surface area contributed by atoms with Crippen molar-refractivity contribution in [1.29, 1.82) is 0 Å². The molecule has 20 heavy (non-hydrogen) atoms. The Morgan fingerprint density at radius 3 is 3.15 bits per heavy atom. The van der Waals surface area contributed by atoms with Crippen LogP contribution in [0.2, 0.25) is 0 Å². The Kier molecular flexibility index (Phi) is 3.69. The second kappa shape index (κ2) is 5.63. The molecule has 3 heterocycles. The van der Waals surface area contributed by atoms with Crippen molar-refractivity contribution in [3.63, 3.8) is 0 Å². The molecule has 1 N–H and O–H groups in total. The normalized spacial score (nSPS) is 12.7. The first-order valence-electron chi connectivity index (χ1n) is 6.88. The lowest BCUT2D eigenvalue weighted by Gasteiger charge is -2.13. The zero-order valence-corrected chi connectivity index (χ0v) is 12.5. The maximum Gasteiger partial charge on any atom is 0.0809 e. The molecular weight excluding hydrogens is 268 g/mol. The summed E-state index contributed by atoms with van der Waals surface area (Å²) in [4.78, 5) is 4.49. The van der Waals surface area contributed by atoms with Gasteiger partial charge in [-0.25, -0.2) is 0 Å². The third-order valence-electron chi connectivity index (χ3n) is 3.29. The Morgan fingerprint density at radius 2 is 2.30 bits per heavy atom. The van der Waals surface area contributed by atoms with E-state index in [2.05, 4.69) is 53.0 Å². The van der Waals surface area contributed by atoms with E-state index in [1.807, 2.05) is 17.1 Å². The van der Waals surface area contributed by atoms with Gasteiger partial charge in [0.05, 0.1) is 28.1 Å². The topological polar surface area (TPSA) is 42.7 Å². The maximum absolute atomic E-state index is 4.49. The summed E-state index contributed by atoms with van der Waals surface area (Å²) in [6.45, 7) is 5.26. The van der Waals surface area contributed by atoms with Gasteiger partial charge in [-0.1, -0.05) is 6.92 Å². The monoisotopic (exact) mass is 286 g/mol. The first kappa shape index (κ1) is 13.1. The van der Waals surface area contributed by atoms with E-state index in [4.69, 9.17) is 0 Å². The van der Waals surface area contributed by atoms with Crippen LogP contribution in [0.1, 0.15) is 31.9 Å². The molecule has 3 aromatic heterocycles. The molecule has 0 bridgehead atoms. The molecule has 3 aromatic rings. The van der Waals surface area contributed by atoms with Crippen LogP contribution in [-0.4, -0.2) is 14.8 Å². The molecule has 0 radical (unpaired) electrons. The van der Waals surface area contributed by atoms with E-state index in [9.17, 15) is 0 Å². The number of rotatable bonds is 5. The van der Waals surface area contributed by atoms with Gasteiger partial charge in [-0.3, -0.25) is 9.67 Å². The molecule has 0 aliphatic heterocycles. The van der Waals surface area contributed by atoms with Crippen LogP contribution in [0.3, 0.4) is 0 Å². The van der Waals surface area contributed by atoms with Crippen molar-refractivity contribution in [2.24, 2.45) is 0 Å². The molecule has 0 unspecified atom stereocenters. The average molecular weight is 286 g/mol. The molecule has 5 heteroatoms. The fraction of sp³-hybridized carbons (Fsp3) is 0.333. The number of nitrogens with zero attached hydrogens (tertiary/aromatic N) is 3. The summed E-state index contributed by atoms with van der Waals surface area (Å²) in [5.41, 5.74) is 3.32. The lowest BCUT2D eigenvalue weighted by molar-refractivity contribution is 0.603. The predicted molar refractivity (Wildman–Crippen MR) is 84.2 cm³/mol. The minimum atomic E-state index is 0.216. The van der Waals surface area contributed by atoms with Gasteiger partial charge in [0.2, 0.25) is 0 Å². The van der Waals surface area contributed by atoms with Crippen LogP contribution >= 0.6 is 11.3 Å². The Balaban J connectivity index is 1.75. The minimum Gasteiger partial charge on any atom is -0.376 e. The Bertz CT molecular complexity index is 701. The van der Waals surface area contributed by atoms with Crippen molar-refractivity contribution >= 4 is 27.2 Å². The predicted octanol–water partition coefficient (Wildman–Crippen LogP) is 4.08. The summed E-state index contributed by atoms with van der Waals surface area (Å²) in [7, 11) is 0. The molecule has 1 atom stereocenters. The zero-order chi connectivity index (χ0) is 13.9. The first-order chi connectivity index (χ1) is 9.76. The van der Waals surface area contributed by atoms with Crippen molar-refractivity contribution in [2.45, 2.75) is 32.9 Å². The van der Waals surface area contributed by atoms with Crippen molar-refractivity contribution in [1.82, 2.24) is 14.8 Å². The van der Waals surface area contributed by atoms with Crippen molar-refractivity contribution in [3.8, 4) is 0 Å². The van der Waals surface area contributed by atoms with E-state index in [-0.39, 0.29) is 6.04 Å². The Labute approximate surface area is 122 Å². The van der Waals surface area contributed by atoms with Crippen LogP contribution in [-0.2, 0) is 6.54 Å². The zero-order valence-electron chi connectivity index (χ0n) is 11.7. The van der Waals surface area contributed by atoms with Gasteiger partial charge in [0.1, 0.15) is 0 Å². The quantitative estimate of drug-likeness (QED) is 0.768. The number of aromatic nitrogens is 3. The highest BCUT2D eigenvalue weighted by Crippen LogP contribution is 2.24. The van der Waals surface area contributed by atoms with Crippen LogP contribution in [0.15, 0.2) is 36.1 Å². The van der Waals surface area contributed by atoms with E-state index in [0.29, 0.717) is 0 Å². The van der Waals surface area contributed by atoms with E-state index < -0.39 is 0 Å². The second-order valence-electron chi connectivity index (χ2n) is 4.93. The molecular formula is C15H18N4S. The number of anilines is 1. The lowest BCUT2D eigenvalue weighted by atomic mass is 10.1. The number of hydrogen-bond acceptors (Lipinski definition) is 4. The molecule has 104 valence electrons. The van der Waals surface area contributed by atoms with Crippen LogP contribution < -0.4 is 5.32 Å². The van der Waals surface area contributed by atoms with Crippen molar-refractivity contribution in [3.05, 3.63) is 41.7 Å². The SMILES string of the molecule is CCCn1cc(N[C@@H](C)c2cnc3ccsc3c2)cn1. The van der Waals surface area contributed by atoms with Crippen molar-refractivity contribution < 1.29 is 0 Å². The summed E-state index contributed by atoms with van der Waals surface area (Å²) in [6.07, 6.45) is 6.97. The van der Waals surface area contributed by atoms with Crippen LogP contribution in [0.25, 0.3) is 10.2 Å². The molecule has 0 aromatic carbocycles. The smallest absolute Gasteiger partial charge is 0.0809 e. The minimum absolute atomic E-state index is 0.216. The van der Waals surface area contributed by atoms with Gasteiger partial charge in [-0.2, -0.15) is 5.10 Å². The fourth-order valence-electron chi connectivity index (χ4n) is 2.22. The number of aryl methyl sites for hydroxylation is 1. The standard InChI is InChI=1S/C15H18N4S/c1-3-5-19-10-13(9-17-19)18-11(2)12-7-15-14(16-8-12)4-6-20-15/h4,6-11,18H,3,5H2,1-2H3/t11-/m0/s1. The van der Waals surface area contributed by atoms with Gasteiger partial charge >= 0.3 is 0 Å². The van der Waals surface area contributed by atoms with Crippen LogP contribution in [0, 0.1) is 0 Å². The summed E-state index contributed by atoms with van der Waals surface area (Å²) in [5, 5.41) is 9.89. The van der Waals surface area contributed by atoms with Crippen molar-refractivity contribution in [2.75, 3.05) is 5.32 Å².